The van der Waals surface area contributed by atoms with Crippen molar-refractivity contribution in [2.75, 3.05) is 4.90 Å². The first-order valence-corrected chi connectivity index (χ1v) is 9.88. The minimum Gasteiger partial charge on any atom is -0.507 e. The molecule has 5 nitrogen and oxygen atoms in total. The Labute approximate surface area is 180 Å². The van der Waals surface area contributed by atoms with Gasteiger partial charge in [0.2, 0.25) is 0 Å². The Bertz CT molecular complexity index is 1110. The third-order valence-corrected chi connectivity index (χ3v) is 5.36. The highest BCUT2D eigenvalue weighted by molar-refractivity contribution is 9.10. The molecule has 0 saturated carbocycles. The molecule has 1 saturated heterocycles. The van der Waals surface area contributed by atoms with Crippen molar-refractivity contribution in [3.8, 4) is 0 Å². The van der Waals surface area contributed by atoms with E-state index in [1.165, 1.54) is 4.90 Å². The lowest BCUT2D eigenvalue weighted by Crippen LogP contribution is -2.30. The van der Waals surface area contributed by atoms with Crippen molar-refractivity contribution in [1.29, 1.82) is 0 Å². The number of carbonyl (C=O) groups excluding carboxylic acids is 2. The standard InChI is InChI=1S/C22H14BrClN2O3/c23-15-8-11-17(25-12-15)26-19(13-4-2-1-3-5-13)18(21(28)22(26)29)20(27)14-6-9-16(24)10-7-14/h1-12,19,27H. The summed E-state index contributed by atoms with van der Waals surface area (Å²) < 4.78 is 0.746. The zero-order valence-corrected chi connectivity index (χ0v) is 17.3. The number of Topliss-reactive ketones (excluding diaryl/α,β-unsaturated/α-hetero) is 1. The van der Waals surface area contributed by atoms with Crippen molar-refractivity contribution in [2.24, 2.45) is 0 Å². The Morgan fingerprint density at radius 1 is 1.00 bits per heavy atom. The van der Waals surface area contributed by atoms with E-state index in [0.29, 0.717) is 22.0 Å². The average Bonchev–Trinajstić information content (AvgIpc) is 3.00. The van der Waals surface area contributed by atoms with Crippen LogP contribution < -0.4 is 4.90 Å². The number of halogens is 2. The number of hydrogen-bond acceptors (Lipinski definition) is 4. The first-order valence-electron chi connectivity index (χ1n) is 8.71. The van der Waals surface area contributed by atoms with Crippen molar-refractivity contribution in [1.82, 2.24) is 4.98 Å². The summed E-state index contributed by atoms with van der Waals surface area (Å²) in [5.41, 5.74) is 1.09. The fourth-order valence-corrected chi connectivity index (χ4v) is 3.65. The number of aromatic nitrogens is 1. The summed E-state index contributed by atoms with van der Waals surface area (Å²) >= 11 is 9.25. The second kappa shape index (κ2) is 7.81. The van der Waals surface area contributed by atoms with Gasteiger partial charge in [0.25, 0.3) is 5.78 Å². The third-order valence-electron chi connectivity index (χ3n) is 4.64. The lowest BCUT2D eigenvalue weighted by atomic mass is 9.95. The van der Waals surface area contributed by atoms with Crippen LogP contribution in [-0.4, -0.2) is 21.8 Å². The maximum Gasteiger partial charge on any atom is 0.301 e. The fraction of sp³-hybridized carbons (Fsp3) is 0.0455. The van der Waals surface area contributed by atoms with E-state index < -0.39 is 17.7 Å². The molecule has 29 heavy (non-hydrogen) atoms. The molecule has 1 aliphatic rings. The molecule has 144 valence electrons. The van der Waals surface area contributed by atoms with Gasteiger partial charge in [0.15, 0.2) is 0 Å². The fourth-order valence-electron chi connectivity index (χ4n) is 3.29. The zero-order valence-electron chi connectivity index (χ0n) is 14.9. The van der Waals surface area contributed by atoms with Gasteiger partial charge in [0.1, 0.15) is 11.6 Å². The summed E-state index contributed by atoms with van der Waals surface area (Å²) in [5, 5.41) is 11.4. The third kappa shape index (κ3) is 3.57. The molecule has 1 N–H and O–H groups in total. The van der Waals surface area contributed by atoms with Crippen LogP contribution in [0.4, 0.5) is 5.82 Å². The molecule has 4 rings (SSSR count). The highest BCUT2D eigenvalue weighted by atomic mass is 79.9. The van der Waals surface area contributed by atoms with Crippen molar-refractivity contribution < 1.29 is 14.7 Å². The number of rotatable bonds is 3. The summed E-state index contributed by atoms with van der Waals surface area (Å²) in [6.07, 6.45) is 1.55. The van der Waals surface area contributed by atoms with Gasteiger partial charge in [-0.05, 0) is 57.9 Å². The molecule has 7 heteroatoms. The molecule has 3 aromatic rings. The van der Waals surface area contributed by atoms with Crippen LogP contribution in [0.15, 0.2) is 83.0 Å². The van der Waals surface area contributed by atoms with Crippen molar-refractivity contribution >= 4 is 50.8 Å². The molecule has 0 radical (unpaired) electrons. The van der Waals surface area contributed by atoms with Gasteiger partial charge in [-0.3, -0.25) is 14.5 Å². The van der Waals surface area contributed by atoms with E-state index in [4.69, 9.17) is 11.6 Å². The summed E-state index contributed by atoms with van der Waals surface area (Å²) in [7, 11) is 0. The number of amides is 1. The predicted molar refractivity (Wildman–Crippen MR) is 115 cm³/mol. The van der Waals surface area contributed by atoms with Crippen molar-refractivity contribution in [2.45, 2.75) is 6.04 Å². The van der Waals surface area contributed by atoms with Gasteiger partial charge in [-0.25, -0.2) is 4.98 Å². The molecular formula is C22H14BrClN2O3. The normalized spacial score (nSPS) is 18.3. The lowest BCUT2D eigenvalue weighted by molar-refractivity contribution is -0.132. The van der Waals surface area contributed by atoms with Crippen LogP contribution in [0, 0.1) is 0 Å². The van der Waals surface area contributed by atoms with Gasteiger partial charge < -0.3 is 5.11 Å². The number of aliphatic hydroxyl groups is 1. The number of nitrogens with zero attached hydrogens (tertiary/aromatic N) is 2. The number of ketones is 1. The number of carbonyl (C=O) groups is 2. The summed E-state index contributed by atoms with van der Waals surface area (Å²) in [6.45, 7) is 0. The van der Waals surface area contributed by atoms with Crippen LogP contribution in [0.25, 0.3) is 5.76 Å². The van der Waals surface area contributed by atoms with Crippen LogP contribution >= 0.6 is 27.5 Å². The average molecular weight is 470 g/mol. The number of benzene rings is 2. The van der Waals surface area contributed by atoms with E-state index in [-0.39, 0.29) is 11.3 Å². The van der Waals surface area contributed by atoms with Gasteiger partial charge in [-0.2, -0.15) is 0 Å². The van der Waals surface area contributed by atoms with Gasteiger partial charge in [-0.1, -0.05) is 41.9 Å². The Hall–Kier alpha value is -2.96. The molecule has 0 bridgehead atoms. The molecular weight excluding hydrogens is 456 g/mol. The van der Waals surface area contributed by atoms with Crippen LogP contribution in [0.3, 0.4) is 0 Å². The molecule has 1 unspecified atom stereocenters. The van der Waals surface area contributed by atoms with Crippen molar-refractivity contribution in [3.63, 3.8) is 0 Å². The first kappa shape index (κ1) is 19.4. The number of aliphatic hydroxyl groups excluding tert-OH is 1. The monoisotopic (exact) mass is 468 g/mol. The van der Waals surface area contributed by atoms with Crippen LogP contribution in [0.5, 0.6) is 0 Å². The Balaban J connectivity index is 1.93. The Morgan fingerprint density at radius 2 is 1.69 bits per heavy atom. The van der Waals surface area contributed by atoms with E-state index >= 15 is 0 Å². The van der Waals surface area contributed by atoms with Crippen LogP contribution in [0.1, 0.15) is 17.2 Å². The predicted octanol–water partition coefficient (Wildman–Crippen LogP) is 5.12. The summed E-state index contributed by atoms with van der Waals surface area (Å²) in [4.78, 5) is 31.5. The molecule has 0 spiro atoms. The minimum absolute atomic E-state index is 0.00763. The van der Waals surface area contributed by atoms with Gasteiger partial charge in [0.05, 0.1) is 11.6 Å². The molecule has 2 heterocycles. The maximum absolute atomic E-state index is 12.9. The molecule has 1 aliphatic heterocycles. The SMILES string of the molecule is O=C1C(=O)N(c2ccc(Br)cn2)C(c2ccccc2)C1=C(O)c1ccc(Cl)cc1. The topological polar surface area (TPSA) is 70.5 Å². The highest BCUT2D eigenvalue weighted by Gasteiger charge is 2.47. The van der Waals surface area contributed by atoms with Crippen molar-refractivity contribution in [3.05, 3.63) is 99.1 Å². The maximum atomic E-state index is 12.9. The smallest absolute Gasteiger partial charge is 0.301 e. The number of hydrogen-bond donors (Lipinski definition) is 1. The van der Waals surface area contributed by atoms with Crippen LogP contribution in [0.2, 0.25) is 5.02 Å². The molecule has 1 fully saturated rings. The quantitative estimate of drug-likeness (QED) is 0.328. The van der Waals surface area contributed by atoms with E-state index in [9.17, 15) is 14.7 Å². The molecule has 1 atom stereocenters. The van der Waals surface area contributed by atoms with E-state index in [1.54, 1.807) is 54.7 Å². The number of pyridine rings is 1. The molecule has 2 aromatic carbocycles. The van der Waals surface area contributed by atoms with E-state index in [0.717, 1.165) is 4.47 Å². The summed E-state index contributed by atoms with van der Waals surface area (Å²) in [6, 6.07) is 18.1. The Morgan fingerprint density at radius 3 is 2.31 bits per heavy atom. The van der Waals surface area contributed by atoms with E-state index in [2.05, 4.69) is 20.9 Å². The van der Waals surface area contributed by atoms with Gasteiger partial charge in [0, 0.05) is 21.3 Å². The second-order valence-corrected chi connectivity index (χ2v) is 7.77. The summed E-state index contributed by atoms with van der Waals surface area (Å²) in [5.74, 6) is -1.45. The Kier molecular flexibility index (Phi) is 5.22. The van der Waals surface area contributed by atoms with Gasteiger partial charge >= 0.3 is 5.91 Å². The van der Waals surface area contributed by atoms with Crippen LogP contribution in [-0.2, 0) is 9.59 Å². The molecule has 1 amide bonds. The molecule has 1 aromatic heterocycles. The highest BCUT2D eigenvalue weighted by Crippen LogP contribution is 2.41. The molecule has 0 aliphatic carbocycles. The zero-order chi connectivity index (χ0) is 20.5. The minimum atomic E-state index is -0.805. The second-order valence-electron chi connectivity index (χ2n) is 6.42. The first-order chi connectivity index (χ1) is 14.0. The van der Waals surface area contributed by atoms with E-state index in [1.807, 2.05) is 18.2 Å². The number of anilines is 1. The van der Waals surface area contributed by atoms with Gasteiger partial charge in [-0.15, -0.1) is 0 Å². The lowest BCUT2D eigenvalue weighted by Gasteiger charge is -2.24. The largest absolute Gasteiger partial charge is 0.507 e.